The number of rotatable bonds is 6. The molecule has 0 fully saturated rings. The van der Waals surface area contributed by atoms with Gasteiger partial charge in [0.1, 0.15) is 17.5 Å². The number of nitrogens with one attached hydrogen (secondary N) is 1. The fourth-order valence-corrected chi connectivity index (χ4v) is 1.70. The minimum absolute atomic E-state index is 0.0894. The molecule has 1 N–H and O–H groups in total. The molecule has 4 nitrogen and oxygen atoms in total. The van der Waals surface area contributed by atoms with Gasteiger partial charge in [-0.15, -0.1) is 0 Å². The van der Waals surface area contributed by atoms with Crippen molar-refractivity contribution in [3.63, 3.8) is 0 Å². The van der Waals surface area contributed by atoms with E-state index in [9.17, 15) is 0 Å². The van der Waals surface area contributed by atoms with Crippen molar-refractivity contribution in [1.29, 1.82) is 0 Å². The molecule has 0 saturated heterocycles. The molecule has 1 aromatic heterocycles. The first-order chi connectivity index (χ1) is 8.81. The van der Waals surface area contributed by atoms with Gasteiger partial charge in [0, 0.05) is 31.1 Å². The van der Waals surface area contributed by atoms with Crippen LogP contribution in [0.25, 0.3) is 0 Å². The third-order valence-corrected chi connectivity index (χ3v) is 3.72. The normalized spacial score (nSPS) is 11.8. The van der Waals surface area contributed by atoms with Crippen LogP contribution in [0, 0.1) is 0 Å². The predicted molar refractivity (Wildman–Crippen MR) is 83.1 cm³/mol. The summed E-state index contributed by atoms with van der Waals surface area (Å²) < 4.78 is 0. The van der Waals surface area contributed by atoms with Crippen LogP contribution in [0.4, 0.5) is 11.6 Å². The van der Waals surface area contributed by atoms with E-state index in [0.717, 1.165) is 30.4 Å². The van der Waals surface area contributed by atoms with E-state index in [4.69, 9.17) is 4.98 Å². The van der Waals surface area contributed by atoms with Crippen molar-refractivity contribution in [2.45, 2.75) is 59.4 Å². The average Bonchev–Trinajstić information content (AvgIpc) is 2.37. The summed E-state index contributed by atoms with van der Waals surface area (Å²) in [7, 11) is 2.10. The first-order valence-electron chi connectivity index (χ1n) is 7.18. The van der Waals surface area contributed by atoms with Crippen LogP contribution in [0.2, 0.25) is 0 Å². The highest BCUT2D eigenvalue weighted by molar-refractivity contribution is 5.50. The second kappa shape index (κ2) is 6.22. The molecule has 4 heteroatoms. The Labute approximate surface area is 117 Å². The van der Waals surface area contributed by atoms with Gasteiger partial charge in [0.2, 0.25) is 0 Å². The van der Waals surface area contributed by atoms with E-state index in [-0.39, 0.29) is 5.54 Å². The fourth-order valence-electron chi connectivity index (χ4n) is 1.70. The first kappa shape index (κ1) is 15.7. The molecule has 0 bridgehead atoms. The maximum Gasteiger partial charge on any atom is 0.135 e. The Hall–Kier alpha value is -1.32. The first-order valence-corrected chi connectivity index (χ1v) is 7.18. The lowest BCUT2D eigenvalue weighted by atomic mass is 10.00. The van der Waals surface area contributed by atoms with Gasteiger partial charge in [-0.05, 0) is 27.2 Å². The summed E-state index contributed by atoms with van der Waals surface area (Å²) in [6.07, 6.45) is 1.07. The quantitative estimate of drug-likeness (QED) is 0.851. The molecule has 0 spiro atoms. The van der Waals surface area contributed by atoms with Crippen molar-refractivity contribution in [2.75, 3.05) is 23.8 Å². The molecule has 0 aliphatic carbocycles. The lowest BCUT2D eigenvalue weighted by Crippen LogP contribution is -2.41. The zero-order valence-electron chi connectivity index (χ0n) is 13.4. The Morgan fingerprint density at radius 3 is 2.37 bits per heavy atom. The number of anilines is 2. The minimum atomic E-state index is 0.0894. The van der Waals surface area contributed by atoms with E-state index < -0.39 is 0 Å². The van der Waals surface area contributed by atoms with Crippen molar-refractivity contribution in [1.82, 2.24) is 9.97 Å². The lowest BCUT2D eigenvalue weighted by molar-refractivity contribution is 0.466. The SMILES string of the molecule is CCNc1cc(N(C)C(C)(C)CC)nc(C(C)C)n1. The smallest absolute Gasteiger partial charge is 0.135 e. The summed E-state index contributed by atoms with van der Waals surface area (Å²) >= 11 is 0. The highest BCUT2D eigenvalue weighted by Crippen LogP contribution is 2.26. The van der Waals surface area contributed by atoms with E-state index in [1.165, 1.54) is 0 Å². The largest absolute Gasteiger partial charge is 0.370 e. The second-order valence-corrected chi connectivity index (χ2v) is 5.88. The average molecular weight is 264 g/mol. The maximum atomic E-state index is 4.70. The molecule has 0 unspecified atom stereocenters. The summed E-state index contributed by atoms with van der Waals surface area (Å²) in [4.78, 5) is 11.5. The van der Waals surface area contributed by atoms with Crippen molar-refractivity contribution in [2.24, 2.45) is 0 Å². The minimum Gasteiger partial charge on any atom is -0.370 e. The van der Waals surface area contributed by atoms with Crippen molar-refractivity contribution in [3.05, 3.63) is 11.9 Å². The molecular formula is C15H28N4. The van der Waals surface area contributed by atoms with Crippen LogP contribution in [0.1, 0.15) is 59.7 Å². The van der Waals surface area contributed by atoms with Gasteiger partial charge in [-0.1, -0.05) is 20.8 Å². The van der Waals surface area contributed by atoms with Crippen LogP contribution in [0.15, 0.2) is 6.07 Å². The van der Waals surface area contributed by atoms with Crippen LogP contribution in [0.5, 0.6) is 0 Å². The zero-order chi connectivity index (χ0) is 14.6. The van der Waals surface area contributed by atoms with Gasteiger partial charge in [0.15, 0.2) is 0 Å². The molecule has 0 radical (unpaired) electrons. The van der Waals surface area contributed by atoms with E-state index >= 15 is 0 Å². The standard InChI is InChI=1S/C15H28N4/c1-8-15(5,6)19(7)13-10-12(16-9-2)17-14(18-13)11(3)4/h10-11H,8-9H2,1-7H3,(H,16,17,18). The Bertz CT molecular complexity index is 413. The Morgan fingerprint density at radius 2 is 1.89 bits per heavy atom. The Kier molecular flexibility index (Phi) is 5.15. The van der Waals surface area contributed by atoms with E-state index in [0.29, 0.717) is 5.92 Å². The molecule has 0 saturated carbocycles. The number of aromatic nitrogens is 2. The van der Waals surface area contributed by atoms with Crippen LogP contribution in [-0.2, 0) is 0 Å². The molecular weight excluding hydrogens is 236 g/mol. The summed E-state index contributed by atoms with van der Waals surface area (Å²) in [6, 6.07) is 2.03. The van der Waals surface area contributed by atoms with Crippen LogP contribution in [0.3, 0.4) is 0 Å². The summed E-state index contributed by atoms with van der Waals surface area (Å²) in [5, 5.41) is 3.29. The van der Waals surface area contributed by atoms with E-state index in [2.05, 4.69) is 63.8 Å². The highest BCUT2D eigenvalue weighted by atomic mass is 15.2. The monoisotopic (exact) mass is 264 g/mol. The predicted octanol–water partition coefficient (Wildman–Crippen LogP) is 3.66. The summed E-state index contributed by atoms with van der Waals surface area (Å²) in [5.74, 6) is 3.12. The molecule has 108 valence electrons. The lowest BCUT2D eigenvalue weighted by Gasteiger charge is -2.36. The third kappa shape index (κ3) is 3.82. The van der Waals surface area contributed by atoms with E-state index in [1.807, 2.05) is 6.07 Å². The van der Waals surface area contributed by atoms with Crippen LogP contribution in [-0.4, -0.2) is 29.1 Å². The topological polar surface area (TPSA) is 41.0 Å². The molecule has 1 heterocycles. The molecule has 0 aromatic carbocycles. The van der Waals surface area contributed by atoms with Gasteiger partial charge in [-0.2, -0.15) is 0 Å². The molecule has 19 heavy (non-hydrogen) atoms. The van der Waals surface area contributed by atoms with Crippen molar-refractivity contribution < 1.29 is 0 Å². The fraction of sp³-hybridized carbons (Fsp3) is 0.733. The van der Waals surface area contributed by atoms with Gasteiger partial charge in [0.25, 0.3) is 0 Å². The van der Waals surface area contributed by atoms with Gasteiger partial charge in [-0.3, -0.25) is 0 Å². The second-order valence-electron chi connectivity index (χ2n) is 5.88. The van der Waals surface area contributed by atoms with Crippen molar-refractivity contribution >= 4 is 11.6 Å². The number of hydrogen-bond donors (Lipinski definition) is 1. The van der Waals surface area contributed by atoms with Gasteiger partial charge in [-0.25, -0.2) is 9.97 Å². The van der Waals surface area contributed by atoms with Crippen LogP contribution < -0.4 is 10.2 Å². The summed E-state index contributed by atoms with van der Waals surface area (Å²) in [6.45, 7) is 13.9. The Morgan fingerprint density at radius 1 is 1.26 bits per heavy atom. The number of hydrogen-bond acceptors (Lipinski definition) is 4. The van der Waals surface area contributed by atoms with E-state index in [1.54, 1.807) is 0 Å². The summed E-state index contributed by atoms with van der Waals surface area (Å²) in [5.41, 5.74) is 0.0894. The molecule has 1 rings (SSSR count). The Balaban J connectivity index is 3.19. The van der Waals surface area contributed by atoms with Crippen molar-refractivity contribution in [3.8, 4) is 0 Å². The molecule has 0 aliphatic heterocycles. The third-order valence-electron chi connectivity index (χ3n) is 3.72. The van der Waals surface area contributed by atoms with Gasteiger partial charge < -0.3 is 10.2 Å². The van der Waals surface area contributed by atoms with Gasteiger partial charge in [0.05, 0.1) is 0 Å². The van der Waals surface area contributed by atoms with Gasteiger partial charge >= 0.3 is 0 Å². The maximum absolute atomic E-state index is 4.70. The molecule has 0 atom stereocenters. The zero-order valence-corrected chi connectivity index (χ0v) is 13.4. The molecule has 0 aliphatic rings. The molecule has 0 amide bonds. The molecule has 1 aromatic rings. The van der Waals surface area contributed by atoms with Crippen LogP contribution >= 0.6 is 0 Å². The highest BCUT2D eigenvalue weighted by Gasteiger charge is 2.23. The number of nitrogens with zero attached hydrogens (tertiary/aromatic N) is 3.